The van der Waals surface area contributed by atoms with Crippen LogP contribution in [0, 0.1) is 0 Å². The fourth-order valence-corrected chi connectivity index (χ4v) is 2.77. The van der Waals surface area contributed by atoms with Gasteiger partial charge in [-0.05, 0) is 12.1 Å². The lowest BCUT2D eigenvalue weighted by Gasteiger charge is -2.11. The van der Waals surface area contributed by atoms with E-state index >= 15 is 0 Å². The van der Waals surface area contributed by atoms with Gasteiger partial charge in [0.2, 0.25) is 29.5 Å². The first kappa shape index (κ1) is 15.8. The number of fused-ring (bicyclic) bond motifs is 2. The number of methoxy groups -OCH3 is 1. The van der Waals surface area contributed by atoms with Gasteiger partial charge < -0.3 is 39.1 Å². The molecule has 9 heteroatoms. The summed E-state index contributed by atoms with van der Waals surface area (Å²) in [6.45, 7) is -0.139. The van der Waals surface area contributed by atoms with Crippen LogP contribution >= 0.6 is 0 Å². The summed E-state index contributed by atoms with van der Waals surface area (Å²) >= 11 is 0. The first-order valence-corrected chi connectivity index (χ1v) is 7.34. The van der Waals surface area contributed by atoms with E-state index in [1.807, 2.05) is 0 Å². The van der Waals surface area contributed by atoms with Gasteiger partial charge in [-0.1, -0.05) is 0 Å². The molecule has 2 aromatic carbocycles. The standard InChI is InChI=1S/C17H12O9/c1-23-7-3-2-6(11(18)12(7)19)16-15(22)13(20)10-8(26-16)4-9-17(14(10)21)25-5-24-9/h2-4,18-19,21-22H,5H2,1H3. The van der Waals surface area contributed by atoms with Crippen molar-refractivity contribution in [1.82, 2.24) is 0 Å². The maximum Gasteiger partial charge on any atom is 0.238 e. The number of hydrogen-bond donors (Lipinski definition) is 4. The highest BCUT2D eigenvalue weighted by molar-refractivity contribution is 5.92. The van der Waals surface area contributed by atoms with E-state index < -0.39 is 34.2 Å². The van der Waals surface area contributed by atoms with E-state index in [0.29, 0.717) is 0 Å². The average molecular weight is 360 g/mol. The number of phenolic OH excluding ortho intramolecular Hbond substituents is 3. The highest BCUT2D eigenvalue weighted by Crippen LogP contribution is 2.48. The minimum atomic E-state index is -0.938. The third-order valence-corrected chi connectivity index (χ3v) is 4.05. The molecule has 2 heterocycles. The third kappa shape index (κ3) is 2.00. The molecule has 0 radical (unpaired) electrons. The molecule has 0 atom stereocenters. The smallest absolute Gasteiger partial charge is 0.238 e. The molecular weight excluding hydrogens is 348 g/mol. The Hall–Kier alpha value is -3.75. The van der Waals surface area contributed by atoms with Crippen LogP contribution in [0.15, 0.2) is 27.4 Å². The second-order valence-corrected chi connectivity index (χ2v) is 5.45. The van der Waals surface area contributed by atoms with Crippen LogP contribution in [0.25, 0.3) is 22.3 Å². The first-order valence-electron chi connectivity index (χ1n) is 7.34. The summed E-state index contributed by atoms with van der Waals surface area (Å²) in [6, 6.07) is 3.94. The Bertz CT molecular complexity index is 1110. The molecule has 0 saturated carbocycles. The predicted octanol–water partition coefficient (Wildman–Crippen LogP) is 2.02. The zero-order valence-corrected chi connectivity index (χ0v) is 13.3. The second-order valence-electron chi connectivity index (χ2n) is 5.45. The summed E-state index contributed by atoms with van der Waals surface area (Å²) in [5, 5.41) is 40.3. The van der Waals surface area contributed by atoms with Crippen molar-refractivity contribution in [2.45, 2.75) is 0 Å². The van der Waals surface area contributed by atoms with Gasteiger partial charge in [-0.15, -0.1) is 0 Å². The zero-order valence-electron chi connectivity index (χ0n) is 13.3. The van der Waals surface area contributed by atoms with Crippen LogP contribution in [0.2, 0.25) is 0 Å². The van der Waals surface area contributed by atoms with Crippen LogP contribution in [-0.4, -0.2) is 34.3 Å². The van der Waals surface area contributed by atoms with E-state index in [4.69, 9.17) is 18.6 Å². The fourth-order valence-electron chi connectivity index (χ4n) is 2.77. The summed E-state index contributed by atoms with van der Waals surface area (Å²) in [5.74, 6) is -2.86. The van der Waals surface area contributed by atoms with Crippen LogP contribution < -0.4 is 19.6 Å². The molecule has 0 aliphatic carbocycles. The van der Waals surface area contributed by atoms with Gasteiger partial charge in [-0.2, -0.15) is 0 Å². The van der Waals surface area contributed by atoms with Crippen LogP contribution in [0.4, 0.5) is 0 Å². The van der Waals surface area contributed by atoms with E-state index in [1.54, 1.807) is 0 Å². The molecule has 1 aliphatic heterocycles. The second kappa shape index (κ2) is 5.38. The van der Waals surface area contributed by atoms with Gasteiger partial charge in [0.25, 0.3) is 0 Å². The summed E-state index contributed by atoms with van der Waals surface area (Å²) in [7, 11) is 1.30. The molecule has 0 bridgehead atoms. The monoisotopic (exact) mass is 360 g/mol. The van der Waals surface area contributed by atoms with E-state index in [1.165, 1.54) is 25.3 Å². The number of ether oxygens (including phenoxy) is 3. The molecule has 26 heavy (non-hydrogen) atoms. The number of phenols is 3. The summed E-state index contributed by atoms with van der Waals surface area (Å²) in [6.07, 6.45) is 0. The molecular formula is C17H12O9. The molecule has 0 amide bonds. The van der Waals surface area contributed by atoms with Crippen molar-refractivity contribution in [3.05, 3.63) is 28.4 Å². The van der Waals surface area contributed by atoms with E-state index in [2.05, 4.69) is 0 Å². The Morgan fingerprint density at radius 2 is 1.77 bits per heavy atom. The van der Waals surface area contributed by atoms with E-state index in [-0.39, 0.29) is 40.6 Å². The number of rotatable bonds is 2. The van der Waals surface area contributed by atoms with Gasteiger partial charge in [0.1, 0.15) is 11.0 Å². The SMILES string of the molecule is COc1ccc(-c2oc3cc4c(c(O)c3c(=O)c2O)OCO4)c(O)c1O. The lowest BCUT2D eigenvalue weighted by molar-refractivity contribution is 0.171. The molecule has 0 unspecified atom stereocenters. The average Bonchev–Trinajstić information content (AvgIpc) is 3.09. The third-order valence-electron chi connectivity index (χ3n) is 4.05. The van der Waals surface area contributed by atoms with Crippen molar-refractivity contribution >= 4 is 11.0 Å². The van der Waals surface area contributed by atoms with Gasteiger partial charge in [0, 0.05) is 6.07 Å². The Kier molecular flexibility index (Phi) is 3.26. The summed E-state index contributed by atoms with van der Waals surface area (Å²) in [5.41, 5.74) is -1.18. The molecule has 0 saturated heterocycles. The van der Waals surface area contributed by atoms with Gasteiger partial charge in [-0.25, -0.2) is 0 Å². The van der Waals surface area contributed by atoms with Crippen LogP contribution in [0.3, 0.4) is 0 Å². The lowest BCUT2D eigenvalue weighted by Crippen LogP contribution is -2.03. The van der Waals surface area contributed by atoms with Gasteiger partial charge in [0.05, 0.1) is 12.7 Å². The highest BCUT2D eigenvalue weighted by atomic mass is 16.7. The van der Waals surface area contributed by atoms with Crippen molar-refractivity contribution < 1.29 is 39.1 Å². The molecule has 1 aliphatic rings. The normalized spacial score (nSPS) is 12.5. The topological polar surface area (TPSA) is 139 Å². The highest BCUT2D eigenvalue weighted by Gasteiger charge is 2.27. The Morgan fingerprint density at radius 3 is 2.50 bits per heavy atom. The van der Waals surface area contributed by atoms with Gasteiger partial charge in [-0.3, -0.25) is 4.79 Å². The summed E-state index contributed by atoms with van der Waals surface area (Å²) < 4.78 is 20.6. The fraction of sp³-hybridized carbons (Fsp3) is 0.118. The van der Waals surface area contributed by atoms with E-state index in [9.17, 15) is 25.2 Å². The van der Waals surface area contributed by atoms with Crippen LogP contribution in [0.5, 0.6) is 40.2 Å². The molecule has 4 rings (SSSR count). The predicted molar refractivity (Wildman–Crippen MR) is 87.3 cm³/mol. The molecule has 9 nitrogen and oxygen atoms in total. The van der Waals surface area contributed by atoms with Crippen molar-refractivity contribution in [2.75, 3.05) is 13.9 Å². The number of benzene rings is 2. The summed E-state index contributed by atoms with van der Waals surface area (Å²) in [4.78, 5) is 12.5. The Morgan fingerprint density at radius 1 is 1.00 bits per heavy atom. The minimum Gasteiger partial charge on any atom is -0.504 e. The number of hydrogen-bond acceptors (Lipinski definition) is 9. The Labute approximate surface area is 144 Å². The first-order chi connectivity index (χ1) is 12.4. The maximum atomic E-state index is 12.5. The molecule has 1 aromatic heterocycles. The van der Waals surface area contributed by atoms with Crippen LogP contribution in [-0.2, 0) is 0 Å². The van der Waals surface area contributed by atoms with E-state index in [0.717, 1.165) is 0 Å². The van der Waals surface area contributed by atoms with Gasteiger partial charge >= 0.3 is 0 Å². The Balaban J connectivity index is 2.04. The minimum absolute atomic E-state index is 0.00473. The zero-order chi connectivity index (χ0) is 18.6. The van der Waals surface area contributed by atoms with Crippen molar-refractivity contribution in [3.8, 4) is 51.6 Å². The largest absolute Gasteiger partial charge is 0.504 e. The molecule has 0 fully saturated rings. The quantitative estimate of drug-likeness (QED) is 0.505. The number of aromatic hydroxyl groups is 4. The maximum absolute atomic E-state index is 12.5. The molecule has 3 aromatic rings. The van der Waals surface area contributed by atoms with Crippen molar-refractivity contribution in [2.24, 2.45) is 0 Å². The van der Waals surface area contributed by atoms with Gasteiger partial charge in [0.15, 0.2) is 28.8 Å². The van der Waals surface area contributed by atoms with Crippen molar-refractivity contribution in [3.63, 3.8) is 0 Å². The molecule has 0 spiro atoms. The molecule has 4 N–H and O–H groups in total. The lowest BCUT2D eigenvalue weighted by atomic mass is 10.1. The van der Waals surface area contributed by atoms with Crippen molar-refractivity contribution in [1.29, 1.82) is 0 Å². The molecule has 134 valence electrons. The van der Waals surface area contributed by atoms with Crippen LogP contribution in [0.1, 0.15) is 0 Å².